The number of anilines is 1. The first-order chi connectivity index (χ1) is 16.2. The summed E-state index contributed by atoms with van der Waals surface area (Å²) in [5.74, 6) is 2.09. The van der Waals surface area contributed by atoms with Crippen LogP contribution in [0.5, 0.6) is 5.75 Å². The van der Waals surface area contributed by atoms with Crippen LogP contribution in [0, 0.1) is 6.92 Å². The molecule has 3 heterocycles. The number of benzene rings is 1. The van der Waals surface area contributed by atoms with Gasteiger partial charge in [-0.2, -0.15) is 10.2 Å². The second-order valence-corrected chi connectivity index (χ2v) is 8.36. The number of nitrogens with one attached hydrogen (secondary N) is 1. The number of rotatable bonds is 7. The van der Waals surface area contributed by atoms with Gasteiger partial charge in [-0.15, -0.1) is 9.90 Å². The zero-order valence-corrected chi connectivity index (χ0v) is 19.0. The van der Waals surface area contributed by atoms with Gasteiger partial charge >= 0.3 is 0 Å². The number of aromatic nitrogens is 7. The van der Waals surface area contributed by atoms with Gasteiger partial charge < -0.3 is 10.1 Å². The first-order valence-electron chi connectivity index (χ1n) is 11.4. The maximum absolute atomic E-state index is 6.18. The van der Waals surface area contributed by atoms with E-state index in [1.165, 1.54) is 19.3 Å². The molecule has 9 nitrogen and oxygen atoms in total. The van der Waals surface area contributed by atoms with Gasteiger partial charge in [0, 0.05) is 7.05 Å². The third-order valence-electron chi connectivity index (χ3n) is 6.00. The Morgan fingerprint density at radius 1 is 1.03 bits per heavy atom. The molecule has 1 N–H and O–H groups in total. The minimum Gasteiger partial charge on any atom is -0.487 e. The highest BCUT2D eigenvalue weighted by atomic mass is 16.5. The summed E-state index contributed by atoms with van der Waals surface area (Å²) < 4.78 is 8.01. The summed E-state index contributed by atoms with van der Waals surface area (Å²) in [6, 6.07) is 9.81. The highest BCUT2D eigenvalue weighted by Crippen LogP contribution is 2.27. The molecule has 3 aromatic heterocycles. The van der Waals surface area contributed by atoms with Gasteiger partial charge in [0.2, 0.25) is 0 Å². The molecule has 1 aliphatic carbocycles. The van der Waals surface area contributed by atoms with E-state index in [0.717, 1.165) is 41.2 Å². The first-order valence-corrected chi connectivity index (χ1v) is 11.4. The van der Waals surface area contributed by atoms with Crippen LogP contribution in [0.15, 0.2) is 48.9 Å². The van der Waals surface area contributed by atoms with E-state index in [2.05, 4.69) is 25.6 Å². The molecule has 0 unspecified atom stereocenters. The van der Waals surface area contributed by atoms with Gasteiger partial charge in [0.1, 0.15) is 0 Å². The summed E-state index contributed by atoms with van der Waals surface area (Å²) >= 11 is 0. The van der Waals surface area contributed by atoms with Crippen LogP contribution in [0.1, 0.15) is 43.5 Å². The summed E-state index contributed by atoms with van der Waals surface area (Å²) in [6.07, 6.45) is 11.5. The van der Waals surface area contributed by atoms with Crippen LogP contribution in [0.3, 0.4) is 0 Å². The van der Waals surface area contributed by atoms with Gasteiger partial charge in [0.15, 0.2) is 17.4 Å². The van der Waals surface area contributed by atoms with E-state index in [0.29, 0.717) is 18.2 Å². The molecule has 0 atom stereocenters. The Labute approximate surface area is 192 Å². The SMILES string of the molecule is Cc1nc(-c2cnn(C)c2CNc2cnn(-c3ccccc3)n2)ncc1OC1CCCCC1. The molecule has 0 radical (unpaired) electrons. The second kappa shape index (κ2) is 9.40. The van der Waals surface area contributed by atoms with Crippen LogP contribution in [0.4, 0.5) is 5.82 Å². The normalized spacial score (nSPS) is 14.4. The predicted molar refractivity (Wildman–Crippen MR) is 125 cm³/mol. The number of ether oxygens (including phenoxy) is 1. The summed E-state index contributed by atoms with van der Waals surface area (Å²) in [5.41, 5.74) is 3.60. The van der Waals surface area contributed by atoms with Gasteiger partial charge in [-0.1, -0.05) is 24.6 Å². The molecule has 0 spiro atoms. The molecule has 0 saturated heterocycles. The van der Waals surface area contributed by atoms with Crippen molar-refractivity contribution in [3.8, 4) is 22.8 Å². The summed E-state index contributed by atoms with van der Waals surface area (Å²) in [7, 11) is 1.91. The Balaban J connectivity index is 1.30. The molecular formula is C24H28N8O. The standard InChI is InChI=1S/C24H28N8O/c1-17-22(33-19-11-7-4-8-12-19)15-26-24(29-17)20-13-27-31(2)21(20)14-25-23-16-28-32(30-23)18-9-5-3-6-10-18/h3,5-6,9-10,13,15-16,19H,4,7-8,11-12,14H2,1-2H3,(H,25,30). The van der Waals surface area contributed by atoms with E-state index in [9.17, 15) is 0 Å². The predicted octanol–water partition coefficient (Wildman–Crippen LogP) is 4.09. The largest absolute Gasteiger partial charge is 0.487 e. The fraction of sp³-hybridized carbons (Fsp3) is 0.375. The van der Waals surface area contributed by atoms with Crippen LogP contribution in [-0.2, 0) is 13.6 Å². The van der Waals surface area contributed by atoms with Crippen LogP contribution in [0.2, 0.25) is 0 Å². The van der Waals surface area contributed by atoms with Crippen LogP contribution < -0.4 is 10.1 Å². The molecule has 0 amide bonds. The van der Waals surface area contributed by atoms with Crippen molar-refractivity contribution in [2.24, 2.45) is 7.05 Å². The molecule has 9 heteroatoms. The zero-order chi connectivity index (χ0) is 22.6. The van der Waals surface area contributed by atoms with Gasteiger partial charge in [-0.25, -0.2) is 9.97 Å². The molecule has 1 fully saturated rings. The summed E-state index contributed by atoms with van der Waals surface area (Å²) in [4.78, 5) is 10.9. The van der Waals surface area contributed by atoms with Crippen molar-refractivity contribution in [3.63, 3.8) is 0 Å². The van der Waals surface area contributed by atoms with E-state index in [1.807, 2.05) is 49.0 Å². The smallest absolute Gasteiger partial charge is 0.169 e. The van der Waals surface area contributed by atoms with E-state index >= 15 is 0 Å². The van der Waals surface area contributed by atoms with Crippen molar-refractivity contribution in [2.45, 2.75) is 51.7 Å². The van der Waals surface area contributed by atoms with Crippen LogP contribution in [-0.4, -0.2) is 40.8 Å². The molecule has 5 rings (SSSR count). The monoisotopic (exact) mass is 444 g/mol. The molecule has 0 aliphatic heterocycles. The third kappa shape index (κ3) is 4.72. The zero-order valence-electron chi connectivity index (χ0n) is 19.0. The van der Waals surface area contributed by atoms with E-state index in [4.69, 9.17) is 9.72 Å². The molecule has 1 aliphatic rings. The fourth-order valence-electron chi connectivity index (χ4n) is 4.13. The van der Waals surface area contributed by atoms with Gasteiger partial charge in [-0.3, -0.25) is 4.68 Å². The Morgan fingerprint density at radius 2 is 1.85 bits per heavy atom. The molecule has 170 valence electrons. The van der Waals surface area contributed by atoms with Crippen LogP contribution >= 0.6 is 0 Å². The molecular weight excluding hydrogens is 416 g/mol. The molecule has 1 aromatic carbocycles. The molecule has 1 saturated carbocycles. The average Bonchev–Trinajstić information content (AvgIpc) is 3.47. The average molecular weight is 445 g/mol. The Kier molecular flexibility index (Phi) is 6.01. The Morgan fingerprint density at radius 3 is 2.64 bits per heavy atom. The third-order valence-corrected chi connectivity index (χ3v) is 6.00. The molecule has 4 aromatic rings. The number of para-hydroxylation sites is 1. The van der Waals surface area contributed by atoms with Crippen LogP contribution in [0.25, 0.3) is 17.1 Å². The van der Waals surface area contributed by atoms with Crippen molar-refractivity contribution in [2.75, 3.05) is 5.32 Å². The lowest BCUT2D eigenvalue weighted by Crippen LogP contribution is -2.20. The number of hydrogen-bond acceptors (Lipinski definition) is 7. The maximum atomic E-state index is 6.18. The van der Waals surface area contributed by atoms with E-state index in [-0.39, 0.29) is 6.10 Å². The quantitative estimate of drug-likeness (QED) is 0.459. The van der Waals surface area contributed by atoms with Crippen molar-refractivity contribution < 1.29 is 4.74 Å². The Hall–Kier alpha value is -3.75. The number of aryl methyl sites for hydroxylation is 2. The highest BCUT2D eigenvalue weighted by molar-refractivity contribution is 5.58. The van der Waals surface area contributed by atoms with E-state index in [1.54, 1.807) is 23.4 Å². The fourth-order valence-corrected chi connectivity index (χ4v) is 4.13. The van der Waals surface area contributed by atoms with Gasteiger partial charge in [0.25, 0.3) is 0 Å². The highest BCUT2D eigenvalue weighted by Gasteiger charge is 2.19. The molecule has 0 bridgehead atoms. The lowest BCUT2D eigenvalue weighted by Gasteiger charge is -2.23. The number of nitrogens with zero attached hydrogens (tertiary/aromatic N) is 7. The Bertz CT molecular complexity index is 1210. The minimum absolute atomic E-state index is 0.273. The first kappa shape index (κ1) is 21.1. The second-order valence-electron chi connectivity index (χ2n) is 8.36. The van der Waals surface area contributed by atoms with Gasteiger partial charge in [-0.05, 0) is 44.7 Å². The van der Waals surface area contributed by atoms with Crippen molar-refractivity contribution in [1.29, 1.82) is 0 Å². The van der Waals surface area contributed by atoms with E-state index < -0.39 is 0 Å². The summed E-state index contributed by atoms with van der Waals surface area (Å²) in [5, 5.41) is 16.6. The minimum atomic E-state index is 0.273. The maximum Gasteiger partial charge on any atom is 0.169 e. The lowest BCUT2D eigenvalue weighted by molar-refractivity contribution is 0.152. The van der Waals surface area contributed by atoms with Crippen molar-refractivity contribution in [1.82, 2.24) is 34.7 Å². The number of hydrogen-bond donors (Lipinski definition) is 1. The molecule has 33 heavy (non-hydrogen) atoms. The van der Waals surface area contributed by atoms with Gasteiger partial charge in [0.05, 0.1) is 53.9 Å². The van der Waals surface area contributed by atoms with Crippen molar-refractivity contribution in [3.05, 3.63) is 60.3 Å². The summed E-state index contributed by atoms with van der Waals surface area (Å²) in [6.45, 7) is 2.49. The topological polar surface area (TPSA) is 95.6 Å². The lowest BCUT2D eigenvalue weighted by atomic mass is 9.98. The van der Waals surface area contributed by atoms with Crippen molar-refractivity contribution >= 4 is 5.82 Å².